The van der Waals surface area contributed by atoms with E-state index in [1.807, 2.05) is 72.5 Å². The molecule has 162 valence electrons. The summed E-state index contributed by atoms with van der Waals surface area (Å²) in [7, 11) is 1.69. The molecule has 1 aliphatic rings. The van der Waals surface area contributed by atoms with Crippen molar-refractivity contribution >= 4 is 11.6 Å². The standard InChI is InChI=1S/C25H26N6O/c1-19-23(18-31(28-19)21-6-4-3-5-7-21)24-12-13-26-25(27-24)30-16-14-29(15-17-30)20-8-10-22(32-2)11-9-20/h3-13,18H,14-17H2,1-2H3. The van der Waals surface area contributed by atoms with Gasteiger partial charge in [-0.05, 0) is 49.4 Å². The molecule has 3 heterocycles. The highest BCUT2D eigenvalue weighted by Gasteiger charge is 2.20. The van der Waals surface area contributed by atoms with Gasteiger partial charge in [-0.1, -0.05) is 18.2 Å². The van der Waals surface area contributed by atoms with Crippen LogP contribution in [0.15, 0.2) is 73.1 Å². The van der Waals surface area contributed by atoms with E-state index in [4.69, 9.17) is 9.72 Å². The van der Waals surface area contributed by atoms with Crippen molar-refractivity contribution < 1.29 is 4.74 Å². The van der Waals surface area contributed by atoms with Crippen LogP contribution in [0, 0.1) is 6.92 Å². The van der Waals surface area contributed by atoms with E-state index in [-0.39, 0.29) is 0 Å². The number of hydrogen-bond donors (Lipinski definition) is 0. The minimum atomic E-state index is 0.767. The van der Waals surface area contributed by atoms with E-state index in [1.54, 1.807) is 7.11 Å². The highest BCUT2D eigenvalue weighted by Crippen LogP contribution is 2.25. The van der Waals surface area contributed by atoms with Crippen molar-refractivity contribution in [1.82, 2.24) is 19.7 Å². The lowest BCUT2D eigenvalue weighted by Crippen LogP contribution is -2.47. The quantitative estimate of drug-likeness (QED) is 0.481. The first-order valence-corrected chi connectivity index (χ1v) is 10.8. The zero-order valence-corrected chi connectivity index (χ0v) is 18.3. The molecule has 1 fully saturated rings. The molecule has 32 heavy (non-hydrogen) atoms. The smallest absolute Gasteiger partial charge is 0.225 e. The number of piperazine rings is 1. The Hall–Kier alpha value is -3.87. The summed E-state index contributed by atoms with van der Waals surface area (Å²) in [4.78, 5) is 14.1. The second kappa shape index (κ2) is 8.70. The van der Waals surface area contributed by atoms with Crippen molar-refractivity contribution in [3.05, 3.63) is 78.8 Å². The molecule has 7 nitrogen and oxygen atoms in total. The van der Waals surface area contributed by atoms with Crippen molar-refractivity contribution in [2.45, 2.75) is 6.92 Å². The third-order valence-electron chi connectivity index (χ3n) is 5.84. The van der Waals surface area contributed by atoms with Gasteiger partial charge in [0.05, 0.1) is 24.2 Å². The van der Waals surface area contributed by atoms with Crippen LogP contribution in [-0.2, 0) is 0 Å². The van der Waals surface area contributed by atoms with Gasteiger partial charge < -0.3 is 14.5 Å². The van der Waals surface area contributed by atoms with E-state index >= 15 is 0 Å². The van der Waals surface area contributed by atoms with Crippen molar-refractivity contribution in [3.8, 4) is 22.7 Å². The predicted octanol–water partition coefficient (Wildman–Crippen LogP) is 3.97. The summed E-state index contributed by atoms with van der Waals surface area (Å²) in [5.74, 6) is 1.65. The van der Waals surface area contributed by atoms with E-state index in [0.717, 1.165) is 60.5 Å². The first-order valence-electron chi connectivity index (χ1n) is 10.8. The Morgan fingerprint density at radius 3 is 2.25 bits per heavy atom. The highest BCUT2D eigenvalue weighted by molar-refractivity contribution is 5.63. The Bertz CT molecular complexity index is 1180. The van der Waals surface area contributed by atoms with Gasteiger partial charge in [0, 0.05) is 49.8 Å². The van der Waals surface area contributed by atoms with E-state index in [1.165, 1.54) is 5.69 Å². The maximum Gasteiger partial charge on any atom is 0.225 e. The molecule has 5 rings (SSSR count). The fraction of sp³-hybridized carbons (Fsp3) is 0.240. The molecule has 4 aromatic rings. The lowest BCUT2D eigenvalue weighted by molar-refractivity contribution is 0.415. The Morgan fingerprint density at radius 2 is 1.53 bits per heavy atom. The normalized spacial score (nSPS) is 13.9. The molecule has 0 saturated carbocycles. The molecule has 1 aliphatic heterocycles. The summed E-state index contributed by atoms with van der Waals surface area (Å²) in [6.45, 7) is 5.61. The first-order chi connectivity index (χ1) is 15.7. The first kappa shape index (κ1) is 20.1. The number of benzene rings is 2. The second-order valence-corrected chi connectivity index (χ2v) is 7.82. The minimum absolute atomic E-state index is 0.767. The van der Waals surface area contributed by atoms with Gasteiger partial charge in [0.1, 0.15) is 5.75 Å². The number of ether oxygens (including phenoxy) is 1. The van der Waals surface area contributed by atoms with Crippen LogP contribution in [0.2, 0.25) is 0 Å². The predicted molar refractivity (Wildman–Crippen MR) is 127 cm³/mol. The average molecular weight is 427 g/mol. The third-order valence-corrected chi connectivity index (χ3v) is 5.84. The summed E-state index contributed by atoms with van der Waals surface area (Å²) in [5.41, 5.74) is 5.11. The number of hydrogen-bond acceptors (Lipinski definition) is 6. The van der Waals surface area contributed by atoms with Gasteiger partial charge in [0.2, 0.25) is 5.95 Å². The zero-order chi connectivity index (χ0) is 21.9. The summed E-state index contributed by atoms with van der Waals surface area (Å²) in [5, 5.41) is 4.68. The van der Waals surface area contributed by atoms with Crippen LogP contribution in [0.1, 0.15) is 5.69 Å². The molecule has 0 aliphatic carbocycles. The van der Waals surface area contributed by atoms with E-state index in [9.17, 15) is 0 Å². The van der Waals surface area contributed by atoms with Crippen LogP contribution in [0.3, 0.4) is 0 Å². The average Bonchev–Trinajstić information content (AvgIpc) is 3.26. The Kier molecular flexibility index (Phi) is 5.46. The lowest BCUT2D eigenvalue weighted by atomic mass is 10.2. The van der Waals surface area contributed by atoms with Crippen molar-refractivity contribution in [2.75, 3.05) is 43.1 Å². The Balaban J connectivity index is 1.31. The molecule has 0 radical (unpaired) electrons. The third kappa shape index (κ3) is 4.01. The molecule has 0 amide bonds. The number of methoxy groups -OCH3 is 1. The Morgan fingerprint density at radius 1 is 0.812 bits per heavy atom. The van der Waals surface area contributed by atoms with Crippen molar-refractivity contribution in [2.24, 2.45) is 0 Å². The number of anilines is 2. The van der Waals surface area contributed by atoms with Crippen LogP contribution in [0.25, 0.3) is 16.9 Å². The largest absolute Gasteiger partial charge is 0.497 e. The molecule has 2 aromatic carbocycles. The van der Waals surface area contributed by atoms with E-state index in [0.29, 0.717) is 0 Å². The maximum atomic E-state index is 5.26. The fourth-order valence-corrected chi connectivity index (χ4v) is 4.03. The molecule has 2 aromatic heterocycles. The minimum Gasteiger partial charge on any atom is -0.497 e. The van der Waals surface area contributed by atoms with Crippen LogP contribution >= 0.6 is 0 Å². The van der Waals surface area contributed by atoms with Crippen LogP contribution in [0.5, 0.6) is 5.75 Å². The van der Waals surface area contributed by atoms with Crippen LogP contribution < -0.4 is 14.5 Å². The van der Waals surface area contributed by atoms with Gasteiger partial charge in [-0.25, -0.2) is 14.6 Å². The summed E-state index contributed by atoms with van der Waals surface area (Å²) in [6.07, 6.45) is 3.88. The number of para-hydroxylation sites is 1. The Labute approximate surface area is 187 Å². The number of aryl methyl sites for hydroxylation is 1. The van der Waals surface area contributed by atoms with Gasteiger partial charge >= 0.3 is 0 Å². The lowest BCUT2D eigenvalue weighted by Gasteiger charge is -2.36. The summed E-state index contributed by atoms with van der Waals surface area (Å²) < 4.78 is 7.17. The number of aromatic nitrogens is 4. The molecule has 0 bridgehead atoms. The van der Waals surface area contributed by atoms with Crippen LogP contribution in [-0.4, -0.2) is 53.0 Å². The van der Waals surface area contributed by atoms with E-state index < -0.39 is 0 Å². The number of rotatable bonds is 5. The van der Waals surface area contributed by atoms with Crippen molar-refractivity contribution in [3.63, 3.8) is 0 Å². The molecule has 0 spiro atoms. The van der Waals surface area contributed by atoms with Gasteiger partial charge in [0.25, 0.3) is 0 Å². The topological polar surface area (TPSA) is 59.3 Å². The summed E-state index contributed by atoms with van der Waals surface area (Å²) in [6, 6.07) is 20.3. The monoisotopic (exact) mass is 426 g/mol. The SMILES string of the molecule is COc1ccc(N2CCN(c3nccc(-c4cn(-c5ccccc5)nc4C)n3)CC2)cc1. The fourth-order valence-electron chi connectivity index (χ4n) is 4.03. The molecular weight excluding hydrogens is 400 g/mol. The number of nitrogens with zero attached hydrogens (tertiary/aromatic N) is 6. The molecular formula is C25H26N6O. The molecule has 0 atom stereocenters. The van der Waals surface area contributed by atoms with Gasteiger partial charge in [-0.2, -0.15) is 5.10 Å². The van der Waals surface area contributed by atoms with Crippen LogP contribution in [0.4, 0.5) is 11.6 Å². The van der Waals surface area contributed by atoms with Crippen molar-refractivity contribution in [1.29, 1.82) is 0 Å². The zero-order valence-electron chi connectivity index (χ0n) is 18.3. The molecule has 0 unspecified atom stereocenters. The molecule has 7 heteroatoms. The van der Waals surface area contributed by atoms with Gasteiger partial charge in [-0.15, -0.1) is 0 Å². The van der Waals surface area contributed by atoms with E-state index in [2.05, 4.69) is 32.0 Å². The molecule has 1 saturated heterocycles. The second-order valence-electron chi connectivity index (χ2n) is 7.82. The van der Waals surface area contributed by atoms with Gasteiger partial charge in [0.15, 0.2) is 0 Å². The molecule has 0 N–H and O–H groups in total. The van der Waals surface area contributed by atoms with Gasteiger partial charge in [-0.3, -0.25) is 0 Å². The highest BCUT2D eigenvalue weighted by atomic mass is 16.5. The maximum absolute atomic E-state index is 5.26. The summed E-state index contributed by atoms with van der Waals surface area (Å²) >= 11 is 0.